The highest BCUT2D eigenvalue weighted by Crippen LogP contribution is 2.50. The van der Waals surface area contributed by atoms with Crippen molar-refractivity contribution in [1.29, 1.82) is 0 Å². The predicted molar refractivity (Wildman–Crippen MR) is 125 cm³/mol. The third-order valence-corrected chi connectivity index (χ3v) is 7.73. The van der Waals surface area contributed by atoms with Gasteiger partial charge < -0.3 is 4.74 Å². The van der Waals surface area contributed by atoms with Gasteiger partial charge in [0.25, 0.3) is 0 Å². The lowest BCUT2D eigenvalue weighted by Crippen LogP contribution is -2.42. The monoisotopic (exact) mass is 425 g/mol. The van der Waals surface area contributed by atoms with Crippen molar-refractivity contribution in [1.82, 2.24) is 4.90 Å². The summed E-state index contributed by atoms with van der Waals surface area (Å²) in [6.07, 6.45) is 1.70. The van der Waals surface area contributed by atoms with Crippen LogP contribution in [-0.2, 0) is 16.9 Å². The standard InChI is InChI=1S/C27H23NO2S/c29-26-24-23(18-31-25(24)22-12-6-10-20-9-4-5-11-21(20)22)27(30-26)13-15-28(16-14-27)17-19-7-2-1-3-8-19/h1-12,18H,13-17H2. The Labute approximate surface area is 185 Å². The molecule has 3 heterocycles. The highest BCUT2D eigenvalue weighted by molar-refractivity contribution is 7.14. The van der Waals surface area contributed by atoms with Gasteiger partial charge in [-0.15, -0.1) is 11.3 Å². The van der Waals surface area contributed by atoms with Crippen LogP contribution in [0.1, 0.15) is 34.3 Å². The molecule has 2 aliphatic heterocycles. The minimum Gasteiger partial charge on any atom is -0.450 e. The van der Waals surface area contributed by atoms with Gasteiger partial charge in [0.2, 0.25) is 0 Å². The summed E-state index contributed by atoms with van der Waals surface area (Å²) in [4.78, 5) is 16.6. The van der Waals surface area contributed by atoms with Crippen molar-refractivity contribution < 1.29 is 9.53 Å². The van der Waals surface area contributed by atoms with E-state index in [1.165, 1.54) is 16.3 Å². The van der Waals surface area contributed by atoms with Crippen LogP contribution in [0, 0.1) is 0 Å². The molecule has 0 N–H and O–H groups in total. The fourth-order valence-electron chi connectivity index (χ4n) is 5.09. The van der Waals surface area contributed by atoms with Gasteiger partial charge >= 0.3 is 5.97 Å². The van der Waals surface area contributed by atoms with Crippen molar-refractivity contribution in [2.24, 2.45) is 0 Å². The van der Waals surface area contributed by atoms with Crippen molar-refractivity contribution in [3.8, 4) is 10.4 Å². The van der Waals surface area contributed by atoms with Gasteiger partial charge in [-0.1, -0.05) is 72.8 Å². The van der Waals surface area contributed by atoms with Crippen LogP contribution in [-0.4, -0.2) is 24.0 Å². The molecule has 4 aromatic rings. The molecule has 0 unspecified atom stereocenters. The van der Waals surface area contributed by atoms with E-state index in [4.69, 9.17) is 4.74 Å². The highest BCUT2D eigenvalue weighted by atomic mass is 32.1. The van der Waals surface area contributed by atoms with E-state index >= 15 is 0 Å². The Hall–Kier alpha value is -2.95. The van der Waals surface area contributed by atoms with Gasteiger partial charge in [-0.2, -0.15) is 0 Å². The van der Waals surface area contributed by atoms with E-state index in [1.807, 2.05) is 0 Å². The van der Waals surface area contributed by atoms with Gasteiger partial charge in [0, 0.05) is 48.5 Å². The summed E-state index contributed by atoms with van der Waals surface area (Å²) >= 11 is 1.68. The van der Waals surface area contributed by atoms with Crippen LogP contribution < -0.4 is 0 Å². The average molecular weight is 426 g/mol. The zero-order valence-electron chi connectivity index (χ0n) is 17.2. The minimum absolute atomic E-state index is 0.157. The van der Waals surface area contributed by atoms with Crippen molar-refractivity contribution in [2.75, 3.05) is 13.1 Å². The first-order chi connectivity index (χ1) is 15.2. The molecule has 0 saturated carbocycles. The van der Waals surface area contributed by atoms with Crippen molar-refractivity contribution >= 4 is 28.1 Å². The third-order valence-electron chi connectivity index (χ3n) is 6.72. The van der Waals surface area contributed by atoms with Gasteiger partial charge in [-0.05, 0) is 21.7 Å². The molecule has 6 rings (SSSR count). The SMILES string of the molecule is O=C1OC2(CCN(Cc3ccccc3)CC2)c2csc(-c3cccc4ccccc34)c21. The number of thiophene rings is 1. The summed E-state index contributed by atoms with van der Waals surface area (Å²) < 4.78 is 6.11. The third kappa shape index (κ3) is 3.10. The molecule has 1 fully saturated rings. The number of piperidine rings is 1. The molecule has 1 saturated heterocycles. The Balaban J connectivity index is 1.31. The summed E-state index contributed by atoms with van der Waals surface area (Å²) in [5, 5.41) is 4.54. The first-order valence-corrected chi connectivity index (χ1v) is 11.7. The summed E-state index contributed by atoms with van der Waals surface area (Å²) in [7, 11) is 0. The largest absolute Gasteiger partial charge is 0.450 e. The molecule has 0 aliphatic carbocycles. The molecule has 0 amide bonds. The molecular formula is C27H23NO2S. The molecule has 31 heavy (non-hydrogen) atoms. The zero-order chi connectivity index (χ0) is 20.8. The second-order valence-corrected chi connectivity index (χ2v) is 9.41. The van der Waals surface area contributed by atoms with E-state index in [-0.39, 0.29) is 5.97 Å². The highest BCUT2D eigenvalue weighted by Gasteiger charge is 2.49. The maximum absolute atomic E-state index is 13.1. The van der Waals surface area contributed by atoms with Crippen LogP contribution in [0.5, 0.6) is 0 Å². The van der Waals surface area contributed by atoms with Crippen LogP contribution in [0.2, 0.25) is 0 Å². The Kier molecular flexibility index (Phi) is 4.44. The number of hydrogen-bond donors (Lipinski definition) is 0. The molecule has 4 heteroatoms. The van der Waals surface area contributed by atoms with Crippen molar-refractivity contribution in [3.63, 3.8) is 0 Å². The van der Waals surface area contributed by atoms with Gasteiger partial charge in [0.05, 0.1) is 5.56 Å². The lowest BCUT2D eigenvalue weighted by atomic mass is 9.84. The molecule has 3 aromatic carbocycles. The number of rotatable bonds is 3. The number of fused-ring (bicyclic) bond motifs is 3. The summed E-state index contributed by atoms with van der Waals surface area (Å²) in [5.74, 6) is -0.157. The van der Waals surface area contributed by atoms with E-state index in [1.54, 1.807) is 11.3 Å². The summed E-state index contributed by atoms with van der Waals surface area (Å²) in [6.45, 7) is 2.81. The van der Waals surface area contributed by atoms with Crippen molar-refractivity contribution in [2.45, 2.75) is 25.0 Å². The number of benzene rings is 3. The molecule has 1 aromatic heterocycles. The number of nitrogens with zero attached hydrogens (tertiary/aromatic N) is 1. The zero-order valence-corrected chi connectivity index (χ0v) is 18.0. The maximum atomic E-state index is 13.1. The number of carbonyl (C=O) groups is 1. The van der Waals surface area contributed by atoms with Crippen LogP contribution in [0.4, 0.5) is 0 Å². The molecule has 3 nitrogen and oxygen atoms in total. The number of esters is 1. The quantitative estimate of drug-likeness (QED) is 0.364. The van der Waals surface area contributed by atoms with Crippen LogP contribution in [0.25, 0.3) is 21.2 Å². The lowest BCUT2D eigenvalue weighted by molar-refractivity contribution is -0.0440. The molecule has 0 bridgehead atoms. The van der Waals surface area contributed by atoms with E-state index in [0.717, 1.165) is 54.0 Å². The van der Waals surface area contributed by atoms with Gasteiger partial charge in [-0.25, -0.2) is 4.79 Å². The average Bonchev–Trinajstić information content (AvgIpc) is 3.37. The Morgan fingerprint density at radius 3 is 2.48 bits per heavy atom. The molecule has 1 spiro atoms. The second-order valence-electron chi connectivity index (χ2n) is 8.53. The number of hydrogen-bond acceptors (Lipinski definition) is 4. The number of likely N-dealkylation sites (tertiary alicyclic amines) is 1. The molecule has 0 radical (unpaired) electrons. The Bertz CT molecular complexity index is 1260. The van der Waals surface area contributed by atoms with Crippen molar-refractivity contribution in [3.05, 3.63) is 94.9 Å². The Morgan fingerprint density at radius 1 is 0.903 bits per heavy atom. The Morgan fingerprint density at radius 2 is 1.65 bits per heavy atom. The second kappa shape index (κ2) is 7.33. The van der Waals surface area contributed by atoms with Gasteiger partial charge in [0.15, 0.2) is 0 Å². The smallest absolute Gasteiger partial charge is 0.340 e. The van der Waals surface area contributed by atoms with E-state index in [0.29, 0.717) is 0 Å². The maximum Gasteiger partial charge on any atom is 0.340 e. The molecule has 154 valence electrons. The van der Waals surface area contributed by atoms with E-state index < -0.39 is 5.60 Å². The summed E-state index contributed by atoms with van der Waals surface area (Å²) in [5.41, 5.74) is 3.89. The predicted octanol–water partition coefficient (Wildman–Crippen LogP) is 6.23. The van der Waals surface area contributed by atoms with Gasteiger partial charge in [-0.3, -0.25) is 4.90 Å². The first-order valence-electron chi connectivity index (χ1n) is 10.8. The van der Waals surface area contributed by atoms with E-state index in [2.05, 4.69) is 83.1 Å². The van der Waals surface area contributed by atoms with E-state index in [9.17, 15) is 4.79 Å². The minimum atomic E-state index is -0.459. The molecular weight excluding hydrogens is 402 g/mol. The number of ether oxygens (including phenoxy) is 1. The topological polar surface area (TPSA) is 29.5 Å². The van der Waals surface area contributed by atoms with Gasteiger partial charge in [0.1, 0.15) is 5.60 Å². The van der Waals surface area contributed by atoms with Crippen LogP contribution in [0.3, 0.4) is 0 Å². The normalized spacial score (nSPS) is 17.7. The first kappa shape index (κ1) is 18.8. The van der Waals surface area contributed by atoms with Crippen LogP contribution >= 0.6 is 11.3 Å². The fourth-order valence-corrected chi connectivity index (χ4v) is 6.27. The lowest BCUT2D eigenvalue weighted by Gasteiger charge is -2.38. The summed E-state index contributed by atoms with van der Waals surface area (Å²) in [6, 6.07) is 25.3. The molecule has 0 atom stereocenters. The molecule has 2 aliphatic rings. The number of carbonyl (C=O) groups excluding carboxylic acids is 1. The fraction of sp³-hybridized carbons (Fsp3) is 0.222. The van der Waals surface area contributed by atoms with Crippen LogP contribution in [0.15, 0.2) is 78.2 Å².